The number of hydrogen-bond donors (Lipinski definition) is 3. The zero-order valence-corrected chi connectivity index (χ0v) is 20.9. The molecule has 0 atom stereocenters. The molecule has 1 fully saturated rings. The Bertz CT molecular complexity index is 1440. The number of rotatable bonds is 7. The van der Waals surface area contributed by atoms with Gasteiger partial charge in [-0.1, -0.05) is 6.07 Å². The SMILES string of the molecule is CN1CCC(COc2ccc3c(Nc4ccc(NC(=O)Nc5cccc(F)c5)c(F)c4)ncnc3c2)CC1. The largest absolute Gasteiger partial charge is 0.493 e. The number of likely N-dealkylation sites (tertiary alicyclic amines) is 1. The Morgan fingerprint density at radius 1 is 1.00 bits per heavy atom. The second-order valence-corrected chi connectivity index (χ2v) is 9.37. The summed E-state index contributed by atoms with van der Waals surface area (Å²) in [4.78, 5) is 23.2. The fourth-order valence-electron chi connectivity index (χ4n) is 4.35. The first-order valence-electron chi connectivity index (χ1n) is 12.4. The Kier molecular flexibility index (Phi) is 7.60. The molecule has 3 aromatic carbocycles. The number of piperidine rings is 1. The van der Waals surface area contributed by atoms with Crippen LogP contribution in [0.2, 0.25) is 0 Å². The lowest BCUT2D eigenvalue weighted by Gasteiger charge is -2.28. The number of carbonyl (C=O) groups is 1. The van der Waals surface area contributed by atoms with Crippen molar-refractivity contribution in [1.82, 2.24) is 14.9 Å². The molecule has 3 N–H and O–H groups in total. The second-order valence-electron chi connectivity index (χ2n) is 9.37. The van der Waals surface area contributed by atoms with E-state index in [9.17, 15) is 13.6 Å². The van der Waals surface area contributed by atoms with Gasteiger partial charge in [-0.25, -0.2) is 23.5 Å². The fourth-order valence-corrected chi connectivity index (χ4v) is 4.35. The highest BCUT2D eigenvalue weighted by Crippen LogP contribution is 2.28. The molecule has 0 spiro atoms. The minimum atomic E-state index is -0.689. The van der Waals surface area contributed by atoms with E-state index in [2.05, 4.69) is 37.9 Å². The number of nitrogens with one attached hydrogen (secondary N) is 3. The van der Waals surface area contributed by atoms with Gasteiger partial charge >= 0.3 is 6.03 Å². The van der Waals surface area contributed by atoms with Crippen LogP contribution in [-0.4, -0.2) is 47.6 Å². The predicted molar refractivity (Wildman–Crippen MR) is 144 cm³/mol. The van der Waals surface area contributed by atoms with Crippen molar-refractivity contribution in [3.05, 3.63) is 78.6 Å². The second kappa shape index (κ2) is 11.4. The summed E-state index contributed by atoms with van der Waals surface area (Å²) in [7, 11) is 2.14. The summed E-state index contributed by atoms with van der Waals surface area (Å²) in [5, 5.41) is 8.77. The van der Waals surface area contributed by atoms with E-state index in [1.807, 2.05) is 18.2 Å². The van der Waals surface area contributed by atoms with Gasteiger partial charge in [0.1, 0.15) is 29.5 Å². The summed E-state index contributed by atoms with van der Waals surface area (Å²) in [6.45, 7) is 2.86. The Hall–Kier alpha value is -4.31. The third kappa shape index (κ3) is 6.33. The number of halogens is 2. The number of urea groups is 1. The van der Waals surface area contributed by atoms with Gasteiger partial charge in [-0.2, -0.15) is 0 Å². The van der Waals surface area contributed by atoms with E-state index in [0.717, 1.165) is 37.1 Å². The topological polar surface area (TPSA) is 91.4 Å². The van der Waals surface area contributed by atoms with E-state index in [1.54, 1.807) is 6.07 Å². The number of nitrogens with zero attached hydrogens (tertiary/aromatic N) is 3. The number of benzene rings is 3. The van der Waals surface area contributed by atoms with E-state index in [-0.39, 0.29) is 11.4 Å². The van der Waals surface area contributed by atoms with Crippen molar-refractivity contribution < 1.29 is 18.3 Å². The summed E-state index contributed by atoms with van der Waals surface area (Å²) < 4.78 is 34.1. The van der Waals surface area contributed by atoms with Gasteiger partial charge in [-0.3, -0.25) is 0 Å². The van der Waals surface area contributed by atoms with E-state index >= 15 is 0 Å². The Labute approximate surface area is 219 Å². The lowest BCUT2D eigenvalue weighted by molar-refractivity contribution is 0.160. The average Bonchev–Trinajstić information content (AvgIpc) is 2.90. The van der Waals surface area contributed by atoms with E-state index in [0.29, 0.717) is 29.5 Å². The zero-order chi connectivity index (χ0) is 26.5. The van der Waals surface area contributed by atoms with Gasteiger partial charge in [-0.15, -0.1) is 0 Å². The van der Waals surface area contributed by atoms with Crippen molar-refractivity contribution in [1.29, 1.82) is 0 Å². The molecule has 2 heterocycles. The average molecular weight is 519 g/mol. The Morgan fingerprint density at radius 3 is 2.63 bits per heavy atom. The number of anilines is 4. The molecule has 10 heteroatoms. The third-order valence-corrected chi connectivity index (χ3v) is 6.49. The first-order chi connectivity index (χ1) is 18.4. The van der Waals surface area contributed by atoms with Crippen LogP contribution in [0.15, 0.2) is 67.0 Å². The number of ether oxygens (including phenoxy) is 1. The van der Waals surface area contributed by atoms with Crippen molar-refractivity contribution >= 4 is 39.8 Å². The summed E-state index contributed by atoms with van der Waals surface area (Å²) in [5.41, 5.74) is 1.38. The molecule has 0 radical (unpaired) electrons. The molecule has 196 valence electrons. The van der Waals surface area contributed by atoms with Crippen LogP contribution < -0.4 is 20.7 Å². The summed E-state index contributed by atoms with van der Waals surface area (Å²) in [6, 6.07) is 14.7. The molecule has 1 aliphatic heterocycles. The van der Waals surface area contributed by atoms with Crippen LogP contribution in [0.4, 0.5) is 36.5 Å². The first-order valence-corrected chi connectivity index (χ1v) is 12.4. The third-order valence-electron chi connectivity index (χ3n) is 6.49. The highest BCUT2D eigenvalue weighted by atomic mass is 19.1. The van der Waals surface area contributed by atoms with E-state index < -0.39 is 17.7 Å². The van der Waals surface area contributed by atoms with E-state index in [1.165, 1.54) is 42.7 Å². The van der Waals surface area contributed by atoms with Crippen LogP contribution in [0.25, 0.3) is 10.9 Å². The maximum Gasteiger partial charge on any atom is 0.323 e. The smallest absolute Gasteiger partial charge is 0.323 e. The standard InChI is InChI=1S/C28H28F2N6O2/c1-36-11-9-18(10-12-36)16-38-22-6-7-23-26(15-22)31-17-32-27(23)33-21-5-8-25(24(30)14-21)35-28(37)34-20-4-2-3-19(29)13-20/h2-8,13-15,17-18H,9-12,16H2,1H3,(H,31,32,33)(H2,34,35,37). The molecular formula is C28H28F2N6O2. The van der Waals surface area contributed by atoms with Crippen LogP contribution in [0.5, 0.6) is 5.75 Å². The maximum atomic E-state index is 14.7. The Morgan fingerprint density at radius 2 is 1.84 bits per heavy atom. The molecule has 8 nitrogen and oxygen atoms in total. The highest BCUT2D eigenvalue weighted by Gasteiger charge is 2.17. The number of carbonyl (C=O) groups excluding carboxylic acids is 1. The minimum Gasteiger partial charge on any atom is -0.493 e. The van der Waals surface area contributed by atoms with Gasteiger partial charge in [-0.05, 0) is 87.4 Å². The maximum absolute atomic E-state index is 14.7. The molecule has 1 aliphatic rings. The van der Waals surface area contributed by atoms with Crippen molar-refractivity contribution in [3.63, 3.8) is 0 Å². The molecule has 1 aromatic heterocycles. The molecule has 2 amide bonds. The van der Waals surface area contributed by atoms with Gasteiger partial charge in [0.2, 0.25) is 0 Å². The molecule has 0 bridgehead atoms. The van der Waals surface area contributed by atoms with Crippen molar-refractivity contribution in [2.45, 2.75) is 12.8 Å². The van der Waals surface area contributed by atoms with Crippen LogP contribution in [0.3, 0.4) is 0 Å². The van der Waals surface area contributed by atoms with Crippen LogP contribution in [-0.2, 0) is 0 Å². The van der Waals surface area contributed by atoms with Crippen molar-refractivity contribution in [2.75, 3.05) is 42.7 Å². The van der Waals surface area contributed by atoms with Gasteiger partial charge in [0, 0.05) is 22.8 Å². The summed E-state index contributed by atoms with van der Waals surface area (Å²) in [5.74, 6) is 0.676. The lowest BCUT2D eigenvalue weighted by atomic mass is 9.98. The van der Waals surface area contributed by atoms with Crippen LogP contribution in [0.1, 0.15) is 12.8 Å². The van der Waals surface area contributed by atoms with Gasteiger partial charge in [0.15, 0.2) is 0 Å². The highest BCUT2D eigenvalue weighted by molar-refractivity contribution is 6.00. The van der Waals surface area contributed by atoms with Crippen molar-refractivity contribution in [2.24, 2.45) is 5.92 Å². The monoisotopic (exact) mass is 518 g/mol. The predicted octanol–water partition coefficient (Wildman–Crippen LogP) is 6.02. The number of fused-ring (bicyclic) bond motifs is 1. The fraction of sp³-hybridized carbons (Fsp3) is 0.250. The first kappa shape index (κ1) is 25.3. The van der Waals surface area contributed by atoms with Gasteiger partial charge < -0.3 is 25.6 Å². The number of aromatic nitrogens is 2. The Balaban J connectivity index is 1.23. The van der Waals surface area contributed by atoms with Gasteiger partial charge in [0.25, 0.3) is 0 Å². The molecule has 1 saturated heterocycles. The number of hydrogen-bond acceptors (Lipinski definition) is 6. The molecule has 0 aliphatic carbocycles. The minimum absolute atomic E-state index is 0.0246. The normalized spacial score (nSPS) is 14.3. The lowest BCUT2D eigenvalue weighted by Crippen LogP contribution is -2.32. The summed E-state index contributed by atoms with van der Waals surface area (Å²) >= 11 is 0. The quantitative estimate of drug-likeness (QED) is 0.277. The number of amides is 2. The molecule has 38 heavy (non-hydrogen) atoms. The van der Waals surface area contributed by atoms with Gasteiger partial charge in [0.05, 0.1) is 17.8 Å². The molecular weight excluding hydrogens is 490 g/mol. The molecule has 5 rings (SSSR count). The van der Waals surface area contributed by atoms with Crippen molar-refractivity contribution in [3.8, 4) is 5.75 Å². The molecule has 0 unspecified atom stereocenters. The zero-order valence-electron chi connectivity index (χ0n) is 20.9. The van der Waals surface area contributed by atoms with E-state index in [4.69, 9.17) is 4.74 Å². The van der Waals surface area contributed by atoms with Crippen LogP contribution >= 0.6 is 0 Å². The molecule has 0 saturated carbocycles. The molecule has 4 aromatic rings. The summed E-state index contributed by atoms with van der Waals surface area (Å²) in [6.07, 6.45) is 3.69. The van der Waals surface area contributed by atoms with Crippen LogP contribution in [0, 0.1) is 17.6 Å².